The van der Waals surface area contributed by atoms with Gasteiger partial charge in [0.15, 0.2) is 0 Å². The van der Waals surface area contributed by atoms with Gasteiger partial charge in [0.25, 0.3) is 0 Å². The van der Waals surface area contributed by atoms with E-state index in [0.717, 1.165) is 0 Å². The maximum absolute atomic E-state index is 11.6. The molecule has 0 radical (unpaired) electrons. The van der Waals surface area contributed by atoms with E-state index >= 15 is 0 Å². The molecule has 0 spiro atoms. The van der Waals surface area contributed by atoms with Crippen molar-refractivity contribution < 1.29 is 9.59 Å². The van der Waals surface area contributed by atoms with E-state index in [-0.39, 0.29) is 0 Å². The van der Waals surface area contributed by atoms with Gasteiger partial charge in [0.2, 0.25) is 0 Å². The summed E-state index contributed by atoms with van der Waals surface area (Å²) in [4.78, 5) is 24.1. The van der Waals surface area contributed by atoms with E-state index in [1.165, 1.54) is 4.90 Å². The van der Waals surface area contributed by atoms with Crippen LogP contribution >= 0.6 is 23.2 Å². The summed E-state index contributed by atoms with van der Waals surface area (Å²) in [5.41, 5.74) is 0.467. The summed E-state index contributed by atoms with van der Waals surface area (Å²) in [7, 11) is 0. The van der Waals surface area contributed by atoms with Crippen molar-refractivity contribution in [2.75, 3.05) is 18.0 Å². The molecule has 16 heavy (non-hydrogen) atoms. The number of carbonyl (C=O) groups excluding carboxylic acids is 2. The van der Waals surface area contributed by atoms with Crippen LogP contribution in [0.4, 0.5) is 5.69 Å². The van der Waals surface area contributed by atoms with Crippen molar-refractivity contribution in [2.24, 2.45) is 0 Å². The molecule has 0 aliphatic carbocycles. The average Bonchev–Trinajstić information content (AvgIpc) is 2.26. The van der Waals surface area contributed by atoms with Crippen molar-refractivity contribution in [1.82, 2.24) is 5.32 Å². The molecule has 2 rings (SSSR count). The molecule has 0 bridgehead atoms. The lowest BCUT2D eigenvalue weighted by molar-refractivity contribution is -0.138. The Morgan fingerprint density at radius 3 is 2.75 bits per heavy atom. The summed E-state index contributed by atoms with van der Waals surface area (Å²) in [5.74, 6) is -1.24. The molecular formula is C10H8Cl2N2O2. The highest BCUT2D eigenvalue weighted by atomic mass is 35.5. The van der Waals surface area contributed by atoms with Gasteiger partial charge < -0.3 is 10.2 Å². The van der Waals surface area contributed by atoms with E-state index in [2.05, 4.69) is 5.32 Å². The Labute approximate surface area is 102 Å². The van der Waals surface area contributed by atoms with Gasteiger partial charge in [-0.2, -0.15) is 0 Å². The zero-order valence-corrected chi connectivity index (χ0v) is 9.68. The number of piperazine rings is 1. The number of nitrogens with zero attached hydrogens (tertiary/aromatic N) is 1. The zero-order chi connectivity index (χ0) is 11.7. The Bertz CT molecular complexity index is 462. The van der Waals surface area contributed by atoms with Gasteiger partial charge in [0, 0.05) is 18.1 Å². The minimum absolute atomic E-state index is 0.393. The number of rotatable bonds is 1. The molecule has 84 valence electrons. The summed E-state index contributed by atoms with van der Waals surface area (Å²) in [6.45, 7) is 0.804. The standard InChI is InChI=1S/C10H8Cl2N2O2/c11-6-1-2-7(12)8(5-6)14-4-3-13-9(15)10(14)16/h1-2,5H,3-4H2,(H,13,15). The fraction of sp³-hybridized carbons (Fsp3) is 0.200. The van der Waals surface area contributed by atoms with Crippen molar-refractivity contribution in [3.05, 3.63) is 28.2 Å². The van der Waals surface area contributed by atoms with Gasteiger partial charge in [-0.25, -0.2) is 0 Å². The third kappa shape index (κ3) is 1.99. The third-order valence-electron chi connectivity index (χ3n) is 2.26. The molecule has 1 aromatic carbocycles. The first kappa shape index (κ1) is 11.2. The first-order valence-corrected chi connectivity index (χ1v) is 5.40. The second kappa shape index (κ2) is 4.31. The van der Waals surface area contributed by atoms with Crippen molar-refractivity contribution in [3.63, 3.8) is 0 Å². The van der Waals surface area contributed by atoms with Crippen LogP contribution in [0.15, 0.2) is 18.2 Å². The Morgan fingerprint density at radius 1 is 1.25 bits per heavy atom. The number of anilines is 1. The molecule has 6 heteroatoms. The molecule has 0 aromatic heterocycles. The van der Waals surface area contributed by atoms with Crippen molar-refractivity contribution in [1.29, 1.82) is 0 Å². The highest BCUT2D eigenvalue weighted by Crippen LogP contribution is 2.29. The molecule has 4 nitrogen and oxygen atoms in total. The normalized spacial score (nSPS) is 16.2. The summed E-state index contributed by atoms with van der Waals surface area (Å²) < 4.78 is 0. The first-order chi connectivity index (χ1) is 7.59. The van der Waals surface area contributed by atoms with Crippen LogP contribution in [0, 0.1) is 0 Å². The number of carbonyl (C=O) groups is 2. The molecule has 1 saturated heterocycles. The second-order valence-electron chi connectivity index (χ2n) is 3.31. The number of hydrogen-bond donors (Lipinski definition) is 1. The van der Waals surface area contributed by atoms with E-state index in [0.29, 0.717) is 28.8 Å². The van der Waals surface area contributed by atoms with Gasteiger partial charge in [-0.05, 0) is 18.2 Å². The summed E-state index contributed by atoms with van der Waals surface area (Å²) in [5, 5.41) is 3.33. The minimum atomic E-state index is -0.623. The van der Waals surface area contributed by atoms with Gasteiger partial charge in [-0.1, -0.05) is 23.2 Å². The van der Waals surface area contributed by atoms with E-state index < -0.39 is 11.8 Å². The van der Waals surface area contributed by atoms with Crippen LogP contribution in [-0.4, -0.2) is 24.9 Å². The first-order valence-electron chi connectivity index (χ1n) is 4.64. The van der Waals surface area contributed by atoms with Crippen molar-refractivity contribution >= 4 is 40.7 Å². The Balaban J connectivity index is 2.39. The van der Waals surface area contributed by atoms with Crippen LogP contribution in [0.3, 0.4) is 0 Å². The monoisotopic (exact) mass is 258 g/mol. The second-order valence-corrected chi connectivity index (χ2v) is 4.15. The van der Waals surface area contributed by atoms with Crippen LogP contribution in [0.5, 0.6) is 0 Å². The van der Waals surface area contributed by atoms with E-state index in [9.17, 15) is 9.59 Å². The fourth-order valence-electron chi connectivity index (χ4n) is 1.50. The average molecular weight is 259 g/mol. The molecule has 0 saturated carbocycles. The number of benzene rings is 1. The zero-order valence-electron chi connectivity index (χ0n) is 8.17. The Hall–Kier alpha value is -1.26. The molecule has 1 aromatic rings. The Morgan fingerprint density at radius 2 is 2.00 bits per heavy atom. The lowest BCUT2D eigenvalue weighted by atomic mass is 10.2. The van der Waals surface area contributed by atoms with Gasteiger partial charge in [-0.15, -0.1) is 0 Å². The SMILES string of the molecule is O=C1NCCN(c2cc(Cl)ccc2Cl)C1=O. The molecule has 0 unspecified atom stereocenters. The largest absolute Gasteiger partial charge is 0.346 e. The fourth-order valence-corrected chi connectivity index (χ4v) is 1.89. The van der Waals surface area contributed by atoms with E-state index in [1.54, 1.807) is 18.2 Å². The quantitative estimate of drug-likeness (QED) is 0.776. The van der Waals surface area contributed by atoms with Crippen molar-refractivity contribution in [2.45, 2.75) is 0 Å². The lowest BCUT2D eigenvalue weighted by Crippen LogP contribution is -2.52. The smallest absolute Gasteiger partial charge is 0.316 e. The van der Waals surface area contributed by atoms with Crippen LogP contribution < -0.4 is 10.2 Å². The number of hydrogen-bond acceptors (Lipinski definition) is 2. The highest BCUT2D eigenvalue weighted by molar-refractivity contribution is 6.43. The Kier molecular flexibility index (Phi) is 3.03. The number of nitrogens with one attached hydrogen (secondary N) is 1. The molecule has 0 atom stereocenters. The molecule has 1 heterocycles. The molecule has 2 amide bonds. The number of amides is 2. The van der Waals surface area contributed by atoms with Gasteiger partial charge in [-0.3, -0.25) is 9.59 Å². The van der Waals surface area contributed by atoms with Gasteiger partial charge in [0.05, 0.1) is 10.7 Å². The van der Waals surface area contributed by atoms with Crippen LogP contribution in [0.2, 0.25) is 10.0 Å². The molecule has 1 fully saturated rings. The maximum Gasteiger partial charge on any atom is 0.316 e. The summed E-state index contributed by atoms with van der Waals surface area (Å²) >= 11 is 11.8. The van der Waals surface area contributed by atoms with Crippen LogP contribution in [-0.2, 0) is 9.59 Å². The predicted molar refractivity (Wildman–Crippen MR) is 61.8 cm³/mol. The lowest BCUT2D eigenvalue weighted by Gasteiger charge is -2.27. The van der Waals surface area contributed by atoms with Crippen LogP contribution in [0.25, 0.3) is 0 Å². The van der Waals surface area contributed by atoms with Gasteiger partial charge >= 0.3 is 11.8 Å². The summed E-state index contributed by atoms with van der Waals surface area (Å²) in [6.07, 6.45) is 0. The third-order valence-corrected chi connectivity index (χ3v) is 2.81. The number of halogens is 2. The maximum atomic E-state index is 11.6. The van der Waals surface area contributed by atoms with E-state index in [4.69, 9.17) is 23.2 Å². The van der Waals surface area contributed by atoms with E-state index in [1.807, 2.05) is 0 Å². The highest BCUT2D eigenvalue weighted by Gasteiger charge is 2.28. The molecule has 1 aliphatic rings. The molecular weight excluding hydrogens is 251 g/mol. The topological polar surface area (TPSA) is 49.4 Å². The molecule has 1 aliphatic heterocycles. The van der Waals surface area contributed by atoms with Crippen molar-refractivity contribution in [3.8, 4) is 0 Å². The van der Waals surface area contributed by atoms with Crippen LogP contribution in [0.1, 0.15) is 0 Å². The van der Waals surface area contributed by atoms with Gasteiger partial charge in [0.1, 0.15) is 0 Å². The predicted octanol–water partition coefficient (Wildman–Crippen LogP) is 1.46. The summed E-state index contributed by atoms with van der Waals surface area (Å²) in [6, 6.07) is 4.79. The molecule has 1 N–H and O–H groups in total. The minimum Gasteiger partial charge on any atom is -0.346 e.